The number of carbonyl (C=O) groups excluding carboxylic acids is 3. The SMILES string of the molecule is CCOc1ccccc1N1CCN(C(=O)CCN2C(=O)c3ccccc3C2=O)CC1. The van der Waals surface area contributed by atoms with Gasteiger partial charge >= 0.3 is 0 Å². The molecule has 156 valence electrons. The largest absolute Gasteiger partial charge is 0.492 e. The van der Waals surface area contributed by atoms with Gasteiger partial charge in [-0.25, -0.2) is 0 Å². The molecule has 2 aromatic rings. The summed E-state index contributed by atoms with van der Waals surface area (Å²) in [6.07, 6.45) is 0.140. The van der Waals surface area contributed by atoms with E-state index in [1.54, 1.807) is 29.2 Å². The van der Waals surface area contributed by atoms with Crippen LogP contribution in [0.3, 0.4) is 0 Å². The third kappa shape index (κ3) is 3.75. The molecule has 0 N–H and O–H groups in total. The van der Waals surface area contributed by atoms with Gasteiger partial charge in [0.05, 0.1) is 23.4 Å². The van der Waals surface area contributed by atoms with Crippen LogP contribution in [0.15, 0.2) is 48.5 Å². The van der Waals surface area contributed by atoms with E-state index < -0.39 is 0 Å². The summed E-state index contributed by atoms with van der Waals surface area (Å²) < 4.78 is 5.72. The fourth-order valence-electron chi connectivity index (χ4n) is 4.00. The van der Waals surface area contributed by atoms with Gasteiger partial charge < -0.3 is 14.5 Å². The van der Waals surface area contributed by atoms with Gasteiger partial charge in [-0.3, -0.25) is 19.3 Å². The Morgan fingerprint density at radius 2 is 1.50 bits per heavy atom. The number of nitrogens with zero attached hydrogens (tertiary/aromatic N) is 3. The number of rotatable bonds is 6. The third-order valence-electron chi connectivity index (χ3n) is 5.57. The summed E-state index contributed by atoms with van der Waals surface area (Å²) in [5.74, 6) is 0.177. The van der Waals surface area contributed by atoms with Gasteiger partial charge in [-0.15, -0.1) is 0 Å². The lowest BCUT2D eigenvalue weighted by molar-refractivity contribution is -0.131. The van der Waals surface area contributed by atoms with Gasteiger partial charge in [-0.2, -0.15) is 0 Å². The molecule has 3 amide bonds. The zero-order valence-electron chi connectivity index (χ0n) is 17.0. The molecule has 0 aromatic heterocycles. The molecule has 2 heterocycles. The Morgan fingerprint density at radius 1 is 0.900 bits per heavy atom. The third-order valence-corrected chi connectivity index (χ3v) is 5.57. The molecule has 2 aliphatic rings. The maximum absolute atomic E-state index is 12.7. The number of hydrogen-bond donors (Lipinski definition) is 0. The van der Waals surface area contributed by atoms with Crippen LogP contribution in [0.25, 0.3) is 0 Å². The van der Waals surface area contributed by atoms with Crippen LogP contribution in [-0.4, -0.2) is 66.9 Å². The minimum Gasteiger partial charge on any atom is -0.492 e. The van der Waals surface area contributed by atoms with Crippen molar-refractivity contribution in [2.24, 2.45) is 0 Å². The molecule has 0 spiro atoms. The monoisotopic (exact) mass is 407 g/mol. The van der Waals surface area contributed by atoms with Gasteiger partial charge in [-0.1, -0.05) is 24.3 Å². The Hall–Kier alpha value is -3.35. The fraction of sp³-hybridized carbons (Fsp3) is 0.348. The van der Waals surface area contributed by atoms with E-state index in [0.29, 0.717) is 43.9 Å². The van der Waals surface area contributed by atoms with Gasteiger partial charge in [0, 0.05) is 39.1 Å². The smallest absolute Gasteiger partial charge is 0.261 e. The Labute approximate surface area is 175 Å². The average Bonchev–Trinajstić information content (AvgIpc) is 3.03. The molecule has 2 aliphatic heterocycles. The molecular formula is C23H25N3O4. The van der Waals surface area contributed by atoms with E-state index in [2.05, 4.69) is 4.90 Å². The van der Waals surface area contributed by atoms with E-state index in [1.165, 1.54) is 4.90 Å². The number of amides is 3. The van der Waals surface area contributed by atoms with Crippen LogP contribution in [0.4, 0.5) is 5.69 Å². The summed E-state index contributed by atoms with van der Waals surface area (Å²) in [7, 11) is 0. The average molecular weight is 407 g/mol. The van der Waals surface area contributed by atoms with Gasteiger partial charge in [-0.05, 0) is 31.2 Å². The second kappa shape index (κ2) is 8.57. The van der Waals surface area contributed by atoms with E-state index in [0.717, 1.165) is 11.4 Å². The molecule has 0 unspecified atom stereocenters. The predicted octanol–water partition coefficient (Wildman–Crippen LogP) is 2.42. The Morgan fingerprint density at radius 3 is 2.13 bits per heavy atom. The van der Waals surface area contributed by atoms with Crippen molar-refractivity contribution in [3.8, 4) is 5.75 Å². The van der Waals surface area contributed by atoms with E-state index >= 15 is 0 Å². The van der Waals surface area contributed by atoms with Crippen LogP contribution in [0.2, 0.25) is 0 Å². The molecule has 0 radical (unpaired) electrons. The second-order valence-electron chi connectivity index (χ2n) is 7.33. The van der Waals surface area contributed by atoms with Crippen molar-refractivity contribution >= 4 is 23.4 Å². The van der Waals surface area contributed by atoms with Crippen molar-refractivity contribution in [3.63, 3.8) is 0 Å². The summed E-state index contributed by atoms with van der Waals surface area (Å²) in [5, 5.41) is 0. The highest BCUT2D eigenvalue weighted by molar-refractivity contribution is 6.21. The number of fused-ring (bicyclic) bond motifs is 1. The number of hydrogen-bond acceptors (Lipinski definition) is 5. The van der Waals surface area contributed by atoms with Crippen LogP contribution < -0.4 is 9.64 Å². The van der Waals surface area contributed by atoms with Gasteiger partial charge in [0.1, 0.15) is 5.75 Å². The lowest BCUT2D eigenvalue weighted by Crippen LogP contribution is -2.49. The number of para-hydroxylation sites is 2. The first-order valence-corrected chi connectivity index (χ1v) is 10.3. The molecule has 30 heavy (non-hydrogen) atoms. The molecule has 0 bridgehead atoms. The highest BCUT2D eigenvalue weighted by Gasteiger charge is 2.35. The van der Waals surface area contributed by atoms with Gasteiger partial charge in [0.15, 0.2) is 0 Å². The molecule has 2 aromatic carbocycles. The number of piperazine rings is 1. The van der Waals surface area contributed by atoms with E-state index in [-0.39, 0.29) is 30.7 Å². The second-order valence-corrected chi connectivity index (χ2v) is 7.33. The summed E-state index contributed by atoms with van der Waals surface area (Å²) in [6, 6.07) is 14.7. The summed E-state index contributed by atoms with van der Waals surface area (Å²) in [4.78, 5) is 42.8. The van der Waals surface area contributed by atoms with Crippen LogP contribution in [0.5, 0.6) is 5.75 Å². The van der Waals surface area contributed by atoms with Crippen molar-refractivity contribution < 1.29 is 19.1 Å². The molecular weight excluding hydrogens is 382 g/mol. The van der Waals surface area contributed by atoms with Crippen molar-refractivity contribution in [1.29, 1.82) is 0 Å². The van der Waals surface area contributed by atoms with E-state index in [9.17, 15) is 14.4 Å². The summed E-state index contributed by atoms with van der Waals surface area (Å²) in [5.41, 5.74) is 1.87. The minimum atomic E-state index is -0.319. The highest BCUT2D eigenvalue weighted by Crippen LogP contribution is 2.29. The zero-order chi connectivity index (χ0) is 21.1. The molecule has 7 nitrogen and oxygen atoms in total. The lowest BCUT2D eigenvalue weighted by atomic mass is 10.1. The number of carbonyl (C=O) groups is 3. The minimum absolute atomic E-state index is 0.0377. The predicted molar refractivity (Wildman–Crippen MR) is 113 cm³/mol. The van der Waals surface area contributed by atoms with Crippen molar-refractivity contribution in [3.05, 3.63) is 59.7 Å². The number of ether oxygens (including phenoxy) is 1. The van der Waals surface area contributed by atoms with E-state index in [4.69, 9.17) is 4.74 Å². The first-order valence-electron chi connectivity index (χ1n) is 10.3. The van der Waals surface area contributed by atoms with Crippen LogP contribution in [0.1, 0.15) is 34.1 Å². The van der Waals surface area contributed by atoms with Gasteiger partial charge in [0.2, 0.25) is 5.91 Å². The Kier molecular flexibility index (Phi) is 5.70. The van der Waals surface area contributed by atoms with Crippen LogP contribution >= 0.6 is 0 Å². The Balaban J connectivity index is 1.32. The molecule has 1 fully saturated rings. The summed E-state index contributed by atoms with van der Waals surface area (Å²) in [6.45, 7) is 5.29. The standard InChI is InChI=1S/C23H25N3O4/c1-2-30-20-10-6-5-9-19(20)24-13-15-25(16-14-24)21(27)11-12-26-22(28)17-7-3-4-8-18(17)23(26)29/h3-10H,2,11-16H2,1H3. The topological polar surface area (TPSA) is 70.2 Å². The zero-order valence-corrected chi connectivity index (χ0v) is 17.0. The first-order chi connectivity index (χ1) is 14.6. The first kappa shape index (κ1) is 19.9. The molecule has 0 aliphatic carbocycles. The van der Waals surface area contributed by atoms with Crippen LogP contribution in [-0.2, 0) is 4.79 Å². The molecule has 4 rings (SSSR count). The van der Waals surface area contributed by atoms with Crippen molar-refractivity contribution in [2.75, 3.05) is 44.2 Å². The van der Waals surface area contributed by atoms with E-state index in [1.807, 2.05) is 31.2 Å². The molecule has 0 atom stereocenters. The summed E-state index contributed by atoms with van der Waals surface area (Å²) >= 11 is 0. The molecule has 0 saturated carbocycles. The number of anilines is 1. The molecule has 1 saturated heterocycles. The lowest BCUT2D eigenvalue weighted by Gasteiger charge is -2.37. The maximum atomic E-state index is 12.7. The van der Waals surface area contributed by atoms with Crippen molar-refractivity contribution in [2.45, 2.75) is 13.3 Å². The Bertz CT molecular complexity index is 931. The van der Waals surface area contributed by atoms with Crippen LogP contribution in [0, 0.1) is 0 Å². The highest BCUT2D eigenvalue weighted by atomic mass is 16.5. The quantitative estimate of drug-likeness (QED) is 0.688. The maximum Gasteiger partial charge on any atom is 0.261 e. The molecule has 7 heteroatoms. The normalized spacial score (nSPS) is 16.1. The number of benzene rings is 2. The van der Waals surface area contributed by atoms with Gasteiger partial charge in [0.25, 0.3) is 11.8 Å². The van der Waals surface area contributed by atoms with Crippen molar-refractivity contribution in [1.82, 2.24) is 9.80 Å². The fourth-order valence-corrected chi connectivity index (χ4v) is 4.00. The number of imide groups is 1.